The van der Waals surface area contributed by atoms with Gasteiger partial charge in [0.05, 0.1) is 0 Å². The molecular weight excluding hydrogens is 238 g/mol. The summed E-state index contributed by atoms with van der Waals surface area (Å²) in [6.07, 6.45) is 0. The van der Waals surface area contributed by atoms with Crippen LogP contribution in [0.1, 0.15) is 0 Å². The average Bonchev–Trinajstić information content (AvgIpc) is 0. The number of hydrogen-bond acceptors (Lipinski definition) is 0. The molecule has 0 saturated heterocycles. The first kappa shape index (κ1) is 765. The van der Waals surface area contributed by atoms with Gasteiger partial charge in [-0.05, 0) is 0 Å². The van der Waals surface area contributed by atoms with Gasteiger partial charge in [0, 0.05) is 0 Å². The van der Waals surface area contributed by atoms with Gasteiger partial charge in [-0.25, -0.2) is 0 Å². The Hall–Kier alpha value is 1.95. The van der Waals surface area contributed by atoms with Gasteiger partial charge < -0.3 is 68.3 Å². The number of hydrogen-bond donors (Lipinski definition) is 0. The van der Waals surface area contributed by atoms with Gasteiger partial charge in [-0.1, -0.05) is 0 Å². The zero-order valence-corrected chi connectivity index (χ0v) is 12.2. The van der Waals surface area contributed by atoms with Crippen molar-refractivity contribution in [3.63, 3.8) is 0 Å². The molecule has 0 rings (SSSR count). The minimum Gasteiger partial charge on any atom is -2.00 e. The molecule has 0 spiro atoms. The molecule has 0 aliphatic carbocycles. The second-order valence-electron chi connectivity index (χ2n) is 0. The van der Waals surface area contributed by atoms with Crippen molar-refractivity contribution >= 4 is 13.5 Å². The molecule has 0 fully saturated rings. The zero-order valence-electron chi connectivity index (χ0n) is 7.41. The topological polar surface area (TPSA) is 315 Å². The van der Waals surface area contributed by atoms with Crippen LogP contribution in [0.3, 0.4) is 0 Å². The van der Waals surface area contributed by atoms with E-state index in [4.69, 9.17) is 0 Å². The predicted octanol–water partition coefficient (Wildman–Crippen LogP) is -14.2. The Bertz CT molecular complexity index is 12.9. The fraction of sp³-hybridized carbons (Fsp3) is 0. The maximum absolute atomic E-state index is 0. The summed E-state index contributed by atoms with van der Waals surface area (Å²) < 4.78 is 0. The van der Waals surface area contributed by atoms with Gasteiger partial charge in [-0.15, -0.1) is 0 Å². The average molecular weight is 258 g/mol. The molecule has 0 heterocycles. The van der Waals surface area contributed by atoms with Gasteiger partial charge in [0.2, 0.25) is 0 Å². The predicted molar refractivity (Wildman–Crippen MR) is 43.5 cm³/mol. The summed E-state index contributed by atoms with van der Waals surface area (Å²) in [6.45, 7) is 0. The maximum Gasteiger partial charge on any atom is 1.00 e. The first-order valence-electron chi connectivity index (χ1n) is 0. The molecule has 0 aromatic rings. The summed E-state index contributed by atoms with van der Waals surface area (Å²) in [5, 5.41) is 0. The molecule has 20 N–H and O–H groups in total. The summed E-state index contributed by atoms with van der Waals surface area (Å²) in [5.74, 6) is 0. The van der Waals surface area contributed by atoms with Gasteiger partial charge in [0.1, 0.15) is 0 Å². The third kappa shape index (κ3) is 524. The quantitative estimate of drug-likeness (QED) is 0.365. The van der Waals surface area contributed by atoms with E-state index in [0.717, 1.165) is 0 Å². The van der Waals surface area contributed by atoms with E-state index in [1.54, 1.807) is 0 Å². The summed E-state index contributed by atoms with van der Waals surface area (Å²) in [7, 11) is 0. The third-order valence-corrected chi connectivity index (χ3v) is 0. The number of rotatable bonds is 0. The van der Waals surface area contributed by atoms with Crippen LogP contribution in [0, 0.1) is 0 Å². The minimum absolute atomic E-state index is 0. The van der Waals surface area contributed by atoms with E-state index in [0.29, 0.717) is 0 Å². The van der Waals surface area contributed by atoms with Gasteiger partial charge in [0.15, 0.2) is 0 Å². The van der Waals surface area contributed by atoms with Crippen LogP contribution in [-0.4, -0.2) is 54.8 Å². The fourth-order valence-electron chi connectivity index (χ4n) is 0. The molecule has 0 aromatic heterocycles. The van der Waals surface area contributed by atoms with E-state index in [2.05, 4.69) is 0 Å². The second kappa shape index (κ2) is 615. The standard InChI is InChI=1S/2Na.10H2O.S/h;;10*1H2;/q2*+1;;;;;;;;;;;-2. The van der Waals surface area contributed by atoms with Crippen molar-refractivity contribution in [2.45, 2.75) is 0 Å². The Labute approximate surface area is 126 Å². The first-order valence-corrected chi connectivity index (χ1v) is 0. The van der Waals surface area contributed by atoms with Gasteiger partial charge in [-0.2, -0.15) is 0 Å². The van der Waals surface area contributed by atoms with Crippen molar-refractivity contribution in [3.05, 3.63) is 0 Å². The van der Waals surface area contributed by atoms with E-state index < -0.39 is 0 Å². The first-order chi connectivity index (χ1) is 0. The molecule has 0 aromatic carbocycles. The van der Waals surface area contributed by atoms with Crippen LogP contribution in [0.2, 0.25) is 0 Å². The van der Waals surface area contributed by atoms with Crippen LogP contribution in [0.15, 0.2) is 0 Å². The van der Waals surface area contributed by atoms with Crippen molar-refractivity contribution in [3.8, 4) is 0 Å². The normalized spacial score (nSPS) is 0. The molecular formula is H20Na2O10S. The maximum atomic E-state index is 0. The van der Waals surface area contributed by atoms with E-state index in [1.165, 1.54) is 0 Å². The Morgan fingerprint density at radius 2 is 0.231 bits per heavy atom. The van der Waals surface area contributed by atoms with Crippen LogP contribution in [0.5, 0.6) is 0 Å². The SMILES string of the molecule is O.O.O.O.O.O.O.O.O.O.[Na+].[Na+].[S-2]. The monoisotopic (exact) mass is 258 g/mol. The molecule has 10 nitrogen and oxygen atoms in total. The van der Waals surface area contributed by atoms with E-state index in [1.807, 2.05) is 0 Å². The molecule has 0 radical (unpaired) electrons. The largest absolute Gasteiger partial charge is 2.00 e. The Kier molecular flexibility index (Phi) is 36200. The van der Waals surface area contributed by atoms with Crippen molar-refractivity contribution in [2.24, 2.45) is 0 Å². The fourth-order valence-corrected chi connectivity index (χ4v) is 0. The van der Waals surface area contributed by atoms with Crippen LogP contribution < -0.4 is 59.1 Å². The molecule has 0 unspecified atom stereocenters. The third-order valence-electron chi connectivity index (χ3n) is 0. The molecule has 13 heteroatoms. The Morgan fingerprint density at radius 1 is 0.231 bits per heavy atom. The van der Waals surface area contributed by atoms with Crippen LogP contribution in [-0.2, 0) is 13.5 Å². The van der Waals surface area contributed by atoms with Gasteiger partial charge in [-0.3, -0.25) is 0 Å². The summed E-state index contributed by atoms with van der Waals surface area (Å²) in [6, 6.07) is 0. The van der Waals surface area contributed by atoms with E-state index >= 15 is 0 Å². The Morgan fingerprint density at radius 3 is 0.231 bits per heavy atom. The van der Waals surface area contributed by atoms with E-state index in [9.17, 15) is 0 Å². The van der Waals surface area contributed by atoms with Crippen LogP contribution >= 0.6 is 0 Å². The van der Waals surface area contributed by atoms with Crippen molar-refractivity contribution in [2.75, 3.05) is 0 Å². The molecule has 88 valence electrons. The van der Waals surface area contributed by atoms with Crippen LogP contribution in [0.25, 0.3) is 0 Å². The van der Waals surface area contributed by atoms with Gasteiger partial charge >= 0.3 is 59.1 Å². The van der Waals surface area contributed by atoms with Crippen molar-refractivity contribution < 1.29 is 114 Å². The molecule has 0 saturated carbocycles. The van der Waals surface area contributed by atoms with Crippen molar-refractivity contribution in [1.29, 1.82) is 0 Å². The Balaban J connectivity index is 0. The second-order valence-corrected chi connectivity index (χ2v) is 0. The summed E-state index contributed by atoms with van der Waals surface area (Å²) >= 11 is 0. The molecule has 0 bridgehead atoms. The molecule has 0 aliphatic rings. The molecule has 13 heavy (non-hydrogen) atoms. The summed E-state index contributed by atoms with van der Waals surface area (Å²) in [4.78, 5) is 0. The van der Waals surface area contributed by atoms with E-state index in [-0.39, 0.29) is 127 Å². The minimum atomic E-state index is 0. The van der Waals surface area contributed by atoms with Crippen molar-refractivity contribution in [1.82, 2.24) is 0 Å². The molecule has 0 aliphatic heterocycles. The molecule has 0 amide bonds. The van der Waals surface area contributed by atoms with Crippen LogP contribution in [0.4, 0.5) is 0 Å². The zero-order chi connectivity index (χ0) is 0. The smallest absolute Gasteiger partial charge is 1.00 e. The van der Waals surface area contributed by atoms with Gasteiger partial charge in [0.25, 0.3) is 0 Å². The summed E-state index contributed by atoms with van der Waals surface area (Å²) in [5.41, 5.74) is 0. The molecule has 0 atom stereocenters.